The Bertz CT molecular complexity index is 1090. The summed E-state index contributed by atoms with van der Waals surface area (Å²) in [5.41, 5.74) is 0.321. The van der Waals surface area contributed by atoms with E-state index >= 15 is 0 Å². The second kappa shape index (κ2) is 9.07. The van der Waals surface area contributed by atoms with Crippen molar-refractivity contribution in [3.05, 3.63) is 78.0 Å². The first-order chi connectivity index (χ1) is 15.0. The Morgan fingerprint density at radius 2 is 1.58 bits per heavy atom. The molecule has 8 heteroatoms. The average molecular weight is 424 g/mol. The van der Waals surface area contributed by atoms with Gasteiger partial charge in [0.1, 0.15) is 17.3 Å². The molecular weight excluding hydrogens is 402 g/mol. The molecule has 160 valence electrons. The molecule has 4 rings (SSSR count). The summed E-state index contributed by atoms with van der Waals surface area (Å²) in [6, 6.07) is 13.6. The SMILES string of the molecule is O=C(N[C@H]1CC[C@@H](C(=O)Nc2ccn(-c3ccccc3F)n2)CC1)c1ccccc1F. The Morgan fingerprint density at radius 1 is 0.903 bits per heavy atom. The van der Waals surface area contributed by atoms with Crippen molar-refractivity contribution in [2.45, 2.75) is 31.7 Å². The lowest BCUT2D eigenvalue weighted by Gasteiger charge is -2.28. The molecule has 0 saturated heterocycles. The lowest BCUT2D eigenvalue weighted by molar-refractivity contribution is -0.120. The number of para-hydroxylation sites is 1. The van der Waals surface area contributed by atoms with E-state index in [4.69, 9.17) is 0 Å². The topological polar surface area (TPSA) is 76.0 Å². The van der Waals surface area contributed by atoms with Crippen LogP contribution in [0.25, 0.3) is 5.69 Å². The number of anilines is 1. The molecule has 31 heavy (non-hydrogen) atoms. The van der Waals surface area contributed by atoms with Gasteiger partial charge >= 0.3 is 0 Å². The van der Waals surface area contributed by atoms with Gasteiger partial charge in [-0.2, -0.15) is 0 Å². The average Bonchev–Trinajstić information content (AvgIpc) is 3.23. The number of aromatic nitrogens is 2. The second-order valence-electron chi connectivity index (χ2n) is 7.59. The maximum atomic E-state index is 13.9. The number of hydrogen-bond acceptors (Lipinski definition) is 3. The quantitative estimate of drug-likeness (QED) is 0.648. The van der Waals surface area contributed by atoms with Crippen molar-refractivity contribution < 1.29 is 18.4 Å². The molecule has 2 aromatic carbocycles. The molecule has 0 radical (unpaired) electrons. The van der Waals surface area contributed by atoms with E-state index in [9.17, 15) is 18.4 Å². The molecule has 1 aliphatic rings. The highest BCUT2D eigenvalue weighted by Crippen LogP contribution is 2.26. The van der Waals surface area contributed by atoms with Crippen molar-refractivity contribution in [3.8, 4) is 5.69 Å². The molecule has 2 amide bonds. The highest BCUT2D eigenvalue weighted by molar-refractivity contribution is 5.94. The fourth-order valence-electron chi connectivity index (χ4n) is 3.80. The van der Waals surface area contributed by atoms with Crippen molar-refractivity contribution >= 4 is 17.6 Å². The predicted octanol–water partition coefficient (Wildman–Crippen LogP) is 4.08. The maximum Gasteiger partial charge on any atom is 0.254 e. The van der Waals surface area contributed by atoms with E-state index in [1.165, 1.54) is 28.9 Å². The molecule has 0 spiro atoms. The molecule has 1 fully saturated rings. The van der Waals surface area contributed by atoms with E-state index < -0.39 is 17.5 Å². The third kappa shape index (κ3) is 4.79. The molecule has 1 aliphatic carbocycles. The number of amides is 2. The third-order valence-electron chi connectivity index (χ3n) is 5.49. The summed E-state index contributed by atoms with van der Waals surface area (Å²) in [5.74, 6) is -1.41. The normalized spacial score (nSPS) is 18.4. The van der Waals surface area contributed by atoms with Crippen LogP contribution < -0.4 is 10.6 Å². The summed E-state index contributed by atoms with van der Waals surface area (Å²) in [6.45, 7) is 0. The van der Waals surface area contributed by atoms with Crippen LogP contribution in [0.1, 0.15) is 36.0 Å². The fourth-order valence-corrected chi connectivity index (χ4v) is 3.80. The van der Waals surface area contributed by atoms with Crippen molar-refractivity contribution in [1.29, 1.82) is 0 Å². The highest BCUT2D eigenvalue weighted by Gasteiger charge is 2.28. The monoisotopic (exact) mass is 424 g/mol. The smallest absolute Gasteiger partial charge is 0.254 e. The predicted molar refractivity (Wildman–Crippen MR) is 112 cm³/mol. The summed E-state index contributed by atoms with van der Waals surface area (Å²) < 4.78 is 29.0. The van der Waals surface area contributed by atoms with Crippen LogP contribution in [0.2, 0.25) is 0 Å². The van der Waals surface area contributed by atoms with Gasteiger partial charge in [-0.3, -0.25) is 9.59 Å². The summed E-state index contributed by atoms with van der Waals surface area (Å²) in [5, 5.41) is 9.85. The van der Waals surface area contributed by atoms with Crippen LogP contribution in [0.5, 0.6) is 0 Å². The van der Waals surface area contributed by atoms with Gasteiger partial charge in [0.05, 0.1) is 5.56 Å². The number of nitrogens with one attached hydrogen (secondary N) is 2. The van der Waals surface area contributed by atoms with Crippen molar-refractivity contribution in [2.75, 3.05) is 5.32 Å². The molecule has 1 heterocycles. The first kappa shape index (κ1) is 20.7. The second-order valence-corrected chi connectivity index (χ2v) is 7.59. The largest absolute Gasteiger partial charge is 0.349 e. The van der Waals surface area contributed by atoms with Crippen LogP contribution >= 0.6 is 0 Å². The summed E-state index contributed by atoms with van der Waals surface area (Å²) in [6.07, 6.45) is 4.04. The fraction of sp³-hybridized carbons (Fsp3) is 0.261. The standard InChI is InChI=1S/C23H22F2N4O2/c24-18-6-2-1-5-17(18)23(31)26-16-11-9-15(10-12-16)22(30)27-21-13-14-29(28-21)20-8-4-3-7-19(20)25/h1-8,13-16H,9-12H2,(H,26,31)(H,27,28,30)/t15-,16+. The third-order valence-corrected chi connectivity index (χ3v) is 5.49. The number of carbonyl (C=O) groups excluding carboxylic acids is 2. The minimum absolute atomic E-state index is 0.0211. The van der Waals surface area contributed by atoms with Crippen molar-refractivity contribution in [3.63, 3.8) is 0 Å². The zero-order valence-electron chi connectivity index (χ0n) is 16.7. The van der Waals surface area contributed by atoms with Crippen LogP contribution in [-0.4, -0.2) is 27.6 Å². The Balaban J connectivity index is 1.29. The van der Waals surface area contributed by atoms with Gasteiger partial charge in [-0.1, -0.05) is 24.3 Å². The number of rotatable bonds is 5. The number of carbonyl (C=O) groups is 2. The Kier molecular flexibility index (Phi) is 6.06. The highest BCUT2D eigenvalue weighted by atomic mass is 19.1. The minimum Gasteiger partial charge on any atom is -0.349 e. The molecule has 1 aromatic heterocycles. The van der Waals surface area contributed by atoms with E-state index in [0.717, 1.165) is 0 Å². The van der Waals surface area contributed by atoms with E-state index in [1.807, 2.05) is 0 Å². The van der Waals surface area contributed by atoms with Gasteiger partial charge in [-0.25, -0.2) is 13.5 Å². The zero-order valence-corrected chi connectivity index (χ0v) is 16.7. The minimum atomic E-state index is -0.553. The van der Waals surface area contributed by atoms with Gasteiger partial charge < -0.3 is 10.6 Å². The molecule has 2 N–H and O–H groups in total. The van der Waals surface area contributed by atoms with Gasteiger partial charge in [0.2, 0.25) is 5.91 Å². The summed E-state index contributed by atoms with van der Waals surface area (Å²) in [4.78, 5) is 24.9. The van der Waals surface area contributed by atoms with E-state index in [1.54, 1.807) is 36.5 Å². The van der Waals surface area contributed by atoms with E-state index in [2.05, 4.69) is 15.7 Å². The van der Waals surface area contributed by atoms with Gasteiger partial charge in [0.25, 0.3) is 5.91 Å². The van der Waals surface area contributed by atoms with Crippen LogP contribution in [0, 0.1) is 17.6 Å². The number of nitrogens with zero attached hydrogens (tertiary/aromatic N) is 2. The first-order valence-corrected chi connectivity index (χ1v) is 10.2. The lowest BCUT2D eigenvalue weighted by Crippen LogP contribution is -2.39. The molecule has 1 saturated carbocycles. The Labute approximate surface area is 178 Å². The van der Waals surface area contributed by atoms with Crippen LogP contribution in [0.3, 0.4) is 0 Å². The van der Waals surface area contributed by atoms with E-state index in [0.29, 0.717) is 37.2 Å². The summed E-state index contributed by atoms with van der Waals surface area (Å²) >= 11 is 0. The Hall–Kier alpha value is -3.55. The molecule has 6 nitrogen and oxygen atoms in total. The Morgan fingerprint density at radius 3 is 2.29 bits per heavy atom. The molecule has 0 bridgehead atoms. The lowest BCUT2D eigenvalue weighted by atomic mass is 9.85. The maximum absolute atomic E-state index is 13.9. The van der Waals surface area contributed by atoms with Crippen molar-refractivity contribution in [2.24, 2.45) is 5.92 Å². The molecule has 0 unspecified atom stereocenters. The molecule has 0 aliphatic heterocycles. The van der Waals surface area contributed by atoms with Gasteiger partial charge in [0, 0.05) is 24.2 Å². The van der Waals surface area contributed by atoms with E-state index in [-0.39, 0.29) is 23.4 Å². The van der Waals surface area contributed by atoms with Gasteiger partial charge in [-0.15, -0.1) is 5.10 Å². The van der Waals surface area contributed by atoms with Gasteiger partial charge in [0.15, 0.2) is 5.82 Å². The van der Waals surface area contributed by atoms with Crippen LogP contribution in [-0.2, 0) is 4.79 Å². The van der Waals surface area contributed by atoms with Gasteiger partial charge in [-0.05, 0) is 49.9 Å². The van der Waals surface area contributed by atoms with Crippen LogP contribution in [0.15, 0.2) is 60.8 Å². The first-order valence-electron chi connectivity index (χ1n) is 10.2. The zero-order chi connectivity index (χ0) is 21.8. The molecule has 0 atom stereocenters. The molecule has 3 aromatic rings. The number of halogens is 2. The number of hydrogen-bond donors (Lipinski definition) is 2. The van der Waals surface area contributed by atoms with Crippen molar-refractivity contribution in [1.82, 2.24) is 15.1 Å². The number of benzene rings is 2. The molecular formula is C23H22F2N4O2. The van der Waals surface area contributed by atoms with Crippen LogP contribution in [0.4, 0.5) is 14.6 Å². The summed E-state index contributed by atoms with van der Waals surface area (Å²) in [7, 11) is 0.